The van der Waals surface area contributed by atoms with Crippen molar-refractivity contribution in [3.05, 3.63) is 35.4 Å². The molecule has 1 nitrogen and oxygen atoms in total. The lowest BCUT2D eigenvalue weighted by Crippen LogP contribution is -2.21. The van der Waals surface area contributed by atoms with E-state index in [1.807, 2.05) is 0 Å². The lowest BCUT2D eigenvalue weighted by atomic mass is 9.83. The van der Waals surface area contributed by atoms with Gasteiger partial charge in [-0.1, -0.05) is 47.5 Å². The van der Waals surface area contributed by atoms with Crippen LogP contribution in [0, 0.1) is 5.92 Å². The molecule has 92 valence electrons. The van der Waals surface area contributed by atoms with E-state index in [1.165, 1.54) is 31.2 Å². The van der Waals surface area contributed by atoms with Crippen LogP contribution in [0.4, 0.5) is 0 Å². The van der Waals surface area contributed by atoms with Crippen LogP contribution >= 0.6 is 9.39 Å². The maximum absolute atomic E-state index is 3.41. The van der Waals surface area contributed by atoms with Crippen LogP contribution in [0.15, 0.2) is 24.3 Å². The molecule has 0 saturated heterocycles. The van der Waals surface area contributed by atoms with E-state index in [9.17, 15) is 0 Å². The minimum absolute atomic E-state index is 0.272. The summed E-state index contributed by atoms with van der Waals surface area (Å²) in [7, 11) is 2.69. The average molecular weight is 247 g/mol. The van der Waals surface area contributed by atoms with Crippen LogP contribution in [0.3, 0.4) is 0 Å². The van der Waals surface area contributed by atoms with Gasteiger partial charge in [0.2, 0.25) is 0 Å². The van der Waals surface area contributed by atoms with Gasteiger partial charge in [0.05, 0.1) is 0 Å². The van der Waals surface area contributed by atoms with Gasteiger partial charge in [-0.05, 0) is 48.1 Å². The SMILES string of the molecule is CC(C)C1(c2cccc(C3(NP)CC3)c2)CC1. The topological polar surface area (TPSA) is 12.0 Å². The standard InChI is InChI=1S/C15H22NP/c1-11(2)14(6-7-14)12-4-3-5-13(10-12)15(16-17)8-9-15/h3-5,10-11,16H,6-9,17H2,1-2H3. The zero-order valence-electron chi connectivity index (χ0n) is 10.8. The smallest absolute Gasteiger partial charge is 0.0465 e. The van der Waals surface area contributed by atoms with Gasteiger partial charge in [0.1, 0.15) is 0 Å². The van der Waals surface area contributed by atoms with Crippen LogP contribution in [0.2, 0.25) is 0 Å². The fraction of sp³-hybridized carbons (Fsp3) is 0.600. The molecule has 0 amide bonds. The van der Waals surface area contributed by atoms with Gasteiger partial charge >= 0.3 is 0 Å². The molecule has 1 N–H and O–H groups in total. The molecule has 0 spiro atoms. The average Bonchev–Trinajstić information content (AvgIpc) is 3.23. The van der Waals surface area contributed by atoms with Gasteiger partial charge in [-0.2, -0.15) is 0 Å². The van der Waals surface area contributed by atoms with Crippen molar-refractivity contribution >= 4 is 9.39 Å². The molecule has 1 aromatic rings. The summed E-state index contributed by atoms with van der Waals surface area (Å²) >= 11 is 0. The molecule has 0 bridgehead atoms. The Labute approximate surface area is 107 Å². The normalized spacial score (nSPS) is 23.8. The molecule has 0 heterocycles. The molecule has 0 aliphatic heterocycles. The minimum atomic E-state index is 0.272. The summed E-state index contributed by atoms with van der Waals surface area (Å²) in [4.78, 5) is 0. The van der Waals surface area contributed by atoms with Gasteiger partial charge in [-0.25, -0.2) is 0 Å². The minimum Gasteiger partial charge on any atom is -0.291 e. The molecule has 2 aliphatic carbocycles. The van der Waals surface area contributed by atoms with E-state index in [0.29, 0.717) is 5.41 Å². The van der Waals surface area contributed by atoms with Crippen molar-refractivity contribution in [3.8, 4) is 0 Å². The number of rotatable bonds is 4. The Bertz CT molecular complexity index is 430. The van der Waals surface area contributed by atoms with Gasteiger partial charge in [-0.15, -0.1) is 0 Å². The number of benzene rings is 1. The van der Waals surface area contributed by atoms with Crippen molar-refractivity contribution in [1.29, 1.82) is 0 Å². The molecule has 2 heteroatoms. The molecular weight excluding hydrogens is 225 g/mol. The van der Waals surface area contributed by atoms with E-state index in [2.05, 4.69) is 52.6 Å². The number of nitrogens with one attached hydrogen (secondary N) is 1. The highest BCUT2D eigenvalue weighted by Crippen LogP contribution is 2.55. The first-order chi connectivity index (χ1) is 8.13. The van der Waals surface area contributed by atoms with Crippen LogP contribution in [0.1, 0.15) is 50.7 Å². The zero-order valence-corrected chi connectivity index (χ0v) is 11.9. The Hall–Kier alpha value is -0.390. The van der Waals surface area contributed by atoms with Crippen LogP contribution in [0.5, 0.6) is 0 Å². The van der Waals surface area contributed by atoms with Crippen molar-refractivity contribution < 1.29 is 0 Å². The molecule has 17 heavy (non-hydrogen) atoms. The summed E-state index contributed by atoms with van der Waals surface area (Å²) < 4.78 is 0. The Morgan fingerprint density at radius 1 is 1.12 bits per heavy atom. The summed E-state index contributed by atoms with van der Waals surface area (Å²) in [5.41, 5.74) is 3.81. The van der Waals surface area contributed by atoms with E-state index in [-0.39, 0.29) is 5.54 Å². The predicted molar refractivity (Wildman–Crippen MR) is 75.9 cm³/mol. The second-order valence-corrected chi connectivity index (χ2v) is 6.41. The Morgan fingerprint density at radius 3 is 2.24 bits per heavy atom. The third-order valence-corrected chi connectivity index (χ3v) is 5.46. The summed E-state index contributed by atoms with van der Waals surface area (Å²) in [6.45, 7) is 4.72. The van der Waals surface area contributed by atoms with Crippen molar-refractivity contribution in [1.82, 2.24) is 5.09 Å². The molecule has 2 saturated carbocycles. The molecule has 0 aromatic heterocycles. The predicted octanol–water partition coefficient (Wildman–Crippen LogP) is 3.74. The first-order valence-corrected chi connectivity index (χ1v) is 7.29. The molecule has 3 rings (SSSR count). The second-order valence-electron chi connectivity index (χ2n) is 6.12. The van der Waals surface area contributed by atoms with E-state index < -0.39 is 0 Å². The van der Waals surface area contributed by atoms with E-state index in [0.717, 1.165) is 5.92 Å². The van der Waals surface area contributed by atoms with E-state index in [1.54, 1.807) is 5.56 Å². The monoisotopic (exact) mass is 247 g/mol. The largest absolute Gasteiger partial charge is 0.291 e. The van der Waals surface area contributed by atoms with Gasteiger partial charge in [-0.3, -0.25) is 5.09 Å². The lowest BCUT2D eigenvalue weighted by Gasteiger charge is -2.23. The van der Waals surface area contributed by atoms with Crippen molar-refractivity contribution in [2.24, 2.45) is 5.92 Å². The molecule has 1 aromatic carbocycles. The summed E-state index contributed by atoms with van der Waals surface area (Å²) in [6.07, 6.45) is 5.29. The quantitative estimate of drug-likeness (QED) is 0.799. The van der Waals surface area contributed by atoms with Gasteiger partial charge in [0.25, 0.3) is 0 Å². The van der Waals surface area contributed by atoms with E-state index in [4.69, 9.17) is 0 Å². The Balaban J connectivity index is 1.95. The Kier molecular flexibility index (Phi) is 2.61. The maximum Gasteiger partial charge on any atom is 0.0465 e. The lowest BCUT2D eigenvalue weighted by molar-refractivity contribution is 0.480. The molecular formula is C15H22NP. The van der Waals surface area contributed by atoms with Crippen LogP contribution < -0.4 is 5.09 Å². The maximum atomic E-state index is 3.41. The first-order valence-electron chi connectivity index (χ1n) is 6.72. The van der Waals surface area contributed by atoms with Crippen LogP contribution in [-0.2, 0) is 11.0 Å². The fourth-order valence-electron chi connectivity index (χ4n) is 3.10. The van der Waals surface area contributed by atoms with Gasteiger partial charge in [0.15, 0.2) is 0 Å². The summed E-state index contributed by atoms with van der Waals surface area (Å²) in [5, 5.41) is 3.41. The fourth-order valence-corrected chi connectivity index (χ4v) is 3.56. The van der Waals surface area contributed by atoms with Gasteiger partial charge < -0.3 is 0 Å². The molecule has 2 aliphatic rings. The highest BCUT2D eigenvalue weighted by molar-refractivity contribution is 7.13. The first kappa shape index (κ1) is 11.7. The molecule has 1 unspecified atom stereocenters. The highest BCUT2D eigenvalue weighted by Gasteiger charge is 2.48. The second kappa shape index (κ2) is 3.80. The highest BCUT2D eigenvalue weighted by atomic mass is 31.0. The number of hydrogen-bond donors (Lipinski definition) is 1. The molecule has 2 fully saturated rings. The van der Waals surface area contributed by atoms with Crippen LogP contribution in [-0.4, -0.2) is 0 Å². The van der Waals surface area contributed by atoms with E-state index >= 15 is 0 Å². The van der Waals surface area contributed by atoms with Crippen molar-refractivity contribution in [2.75, 3.05) is 0 Å². The molecule has 1 atom stereocenters. The summed E-state index contributed by atoms with van der Waals surface area (Å²) in [6, 6.07) is 9.31. The Morgan fingerprint density at radius 2 is 1.76 bits per heavy atom. The molecule has 0 radical (unpaired) electrons. The zero-order chi connectivity index (χ0) is 12.1. The summed E-state index contributed by atoms with van der Waals surface area (Å²) in [5.74, 6) is 0.761. The number of hydrogen-bond acceptors (Lipinski definition) is 1. The van der Waals surface area contributed by atoms with Crippen LogP contribution in [0.25, 0.3) is 0 Å². The third kappa shape index (κ3) is 1.75. The van der Waals surface area contributed by atoms with Crippen molar-refractivity contribution in [2.45, 2.75) is 50.5 Å². The van der Waals surface area contributed by atoms with Gasteiger partial charge in [0, 0.05) is 5.54 Å². The van der Waals surface area contributed by atoms with Crippen molar-refractivity contribution in [3.63, 3.8) is 0 Å². The third-order valence-electron chi connectivity index (χ3n) is 4.91.